The number of amides is 2. The maximum Gasteiger partial charge on any atom is 0.322 e. The van der Waals surface area contributed by atoms with Gasteiger partial charge in [-0.3, -0.25) is 4.79 Å². The van der Waals surface area contributed by atoms with Gasteiger partial charge in [-0.25, -0.2) is 4.79 Å². The average Bonchev–Trinajstić information content (AvgIpc) is 2.42. The number of piperidine rings is 1. The highest BCUT2D eigenvalue weighted by atomic mass is 79.9. The number of anilines is 1. The summed E-state index contributed by atoms with van der Waals surface area (Å²) in [5.41, 5.74) is 1.75. The van der Waals surface area contributed by atoms with Crippen LogP contribution in [0.3, 0.4) is 0 Å². The maximum absolute atomic E-state index is 12.4. The van der Waals surface area contributed by atoms with Crippen LogP contribution in [-0.4, -0.2) is 34.6 Å². The van der Waals surface area contributed by atoms with E-state index in [9.17, 15) is 9.59 Å². The van der Waals surface area contributed by atoms with Crippen LogP contribution in [0.1, 0.15) is 25.3 Å². The van der Waals surface area contributed by atoms with Gasteiger partial charge in [0, 0.05) is 22.7 Å². The topological polar surface area (TPSA) is 69.6 Å². The molecule has 1 aliphatic rings. The van der Waals surface area contributed by atoms with Gasteiger partial charge in [-0.15, -0.1) is 0 Å². The third-order valence-corrected chi connectivity index (χ3v) is 4.42. The van der Waals surface area contributed by atoms with Crippen molar-refractivity contribution in [2.75, 3.05) is 11.9 Å². The standard InChI is InChI=1S/C15H19BrN2O3/c1-9-3-4-12(16)8-13(9)17-15(21)18-6-5-11(14(19)20)7-10(18)2/h3-4,8,10-11H,5-7H2,1-2H3,(H,17,21)(H,19,20). The van der Waals surface area contributed by atoms with Crippen LogP contribution in [0.5, 0.6) is 0 Å². The highest BCUT2D eigenvalue weighted by Gasteiger charge is 2.32. The lowest BCUT2D eigenvalue weighted by atomic mass is 9.92. The Morgan fingerprint density at radius 3 is 2.76 bits per heavy atom. The van der Waals surface area contributed by atoms with Gasteiger partial charge < -0.3 is 15.3 Å². The second kappa shape index (κ2) is 6.47. The molecule has 1 aromatic carbocycles. The highest BCUT2D eigenvalue weighted by molar-refractivity contribution is 9.10. The molecule has 0 bridgehead atoms. The lowest BCUT2D eigenvalue weighted by molar-refractivity contribution is -0.143. The Labute approximate surface area is 132 Å². The van der Waals surface area contributed by atoms with Crippen LogP contribution in [-0.2, 0) is 4.79 Å². The SMILES string of the molecule is Cc1ccc(Br)cc1NC(=O)N1CCC(C(=O)O)CC1C. The highest BCUT2D eigenvalue weighted by Crippen LogP contribution is 2.25. The molecule has 0 radical (unpaired) electrons. The number of hydrogen-bond donors (Lipinski definition) is 2. The zero-order valence-electron chi connectivity index (χ0n) is 12.1. The number of likely N-dealkylation sites (tertiary alicyclic amines) is 1. The minimum Gasteiger partial charge on any atom is -0.481 e. The molecule has 0 spiro atoms. The fraction of sp³-hybridized carbons (Fsp3) is 0.467. The van der Waals surface area contributed by atoms with E-state index in [1.54, 1.807) is 4.90 Å². The first-order valence-electron chi connectivity index (χ1n) is 6.95. The largest absolute Gasteiger partial charge is 0.481 e. The molecule has 1 aromatic rings. The quantitative estimate of drug-likeness (QED) is 0.853. The molecular formula is C15H19BrN2O3. The van der Waals surface area contributed by atoms with E-state index in [0.29, 0.717) is 19.4 Å². The minimum absolute atomic E-state index is 0.0766. The molecule has 1 fully saturated rings. The summed E-state index contributed by atoms with van der Waals surface area (Å²) in [7, 11) is 0. The molecule has 1 heterocycles. The van der Waals surface area contributed by atoms with Crippen molar-refractivity contribution in [3.05, 3.63) is 28.2 Å². The van der Waals surface area contributed by atoms with E-state index in [2.05, 4.69) is 21.2 Å². The Bertz CT molecular complexity index is 562. The summed E-state index contributed by atoms with van der Waals surface area (Å²) >= 11 is 3.39. The van der Waals surface area contributed by atoms with Gasteiger partial charge in [0.05, 0.1) is 5.92 Å². The fourth-order valence-corrected chi connectivity index (χ4v) is 2.98. The van der Waals surface area contributed by atoms with Crippen molar-refractivity contribution in [3.8, 4) is 0 Å². The van der Waals surface area contributed by atoms with E-state index < -0.39 is 5.97 Å². The zero-order valence-corrected chi connectivity index (χ0v) is 13.7. The van der Waals surface area contributed by atoms with Gasteiger partial charge in [-0.2, -0.15) is 0 Å². The van der Waals surface area contributed by atoms with Gasteiger partial charge in [0.2, 0.25) is 0 Å². The molecule has 2 unspecified atom stereocenters. The predicted octanol–water partition coefficient (Wildman–Crippen LogP) is 3.47. The molecule has 2 rings (SSSR count). The van der Waals surface area contributed by atoms with Crippen LogP contribution in [0, 0.1) is 12.8 Å². The number of aryl methyl sites for hydroxylation is 1. The Morgan fingerprint density at radius 1 is 1.43 bits per heavy atom. The number of halogens is 1. The zero-order chi connectivity index (χ0) is 15.6. The van der Waals surface area contributed by atoms with Crippen molar-refractivity contribution < 1.29 is 14.7 Å². The molecule has 0 saturated carbocycles. The first kappa shape index (κ1) is 15.8. The molecule has 0 aliphatic carbocycles. The molecule has 2 amide bonds. The number of benzene rings is 1. The maximum atomic E-state index is 12.4. The van der Waals surface area contributed by atoms with Crippen molar-refractivity contribution in [1.82, 2.24) is 4.90 Å². The van der Waals surface area contributed by atoms with Crippen LogP contribution < -0.4 is 5.32 Å². The number of nitrogens with one attached hydrogen (secondary N) is 1. The van der Waals surface area contributed by atoms with E-state index >= 15 is 0 Å². The lowest BCUT2D eigenvalue weighted by Gasteiger charge is -2.36. The second-order valence-electron chi connectivity index (χ2n) is 5.49. The van der Waals surface area contributed by atoms with Crippen LogP contribution in [0.2, 0.25) is 0 Å². The Kier molecular flexibility index (Phi) is 4.88. The lowest BCUT2D eigenvalue weighted by Crippen LogP contribution is -2.47. The molecule has 1 aliphatic heterocycles. The van der Waals surface area contributed by atoms with E-state index in [1.807, 2.05) is 32.0 Å². The van der Waals surface area contributed by atoms with Gasteiger partial charge in [0.1, 0.15) is 0 Å². The van der Waals surface area contributed by atoms with Gasteiger partial charge >= 0.3 is 12.0 Å². The van der Waals surface area contributed by atoms with Crippen molar-refractivity contribution >= 4 is 33.6 Å². The number of carbonyl (C=O) groups excluding carboxylic acids is 1. The number of carboxylic acid groups (broad SMARTS) is 1. The third kappa shape index (κ3) is 3.75. The fourth-order valence-electron chi connectivity index (χ4n) is 2.61. The molecule has 6 heteroatoms. The van der Waals surface area contributed by atoms with Gasteiger partial charge in [0.25, 0.3) is 0 Å². The molecular weight excluding hydrogens is 336 g/mol. The number of rotatable bonds is 2. The Morgan fingerprint density at radius 2 is 2.14 bits per heavy atom. The summed E-state index contributed by atoms with van der Waals surface area (Å²) in [6.45, 7) is 4.29. The summed E-state index contributed by atoms with van der Waals surface area (Å²) in [4.78, 5) is 25.1. The number of carbonyl (C=O) groups is 2. The van der Waals surface area contributed by atoms with Crippen molar-refractivity contribution in [2.45, 2.75) is 32.7 Å². The molecule has 21 heavy (non-hydrogen) atoms. The number of aliphatic carboxylic acids is 1. The number of urea groups is 1. The Hall–Kier alpha value is -1.56. The van der Waals surface area contributed by atoms with Crippen LogP contribution in [0.15, 0.2) is 22.7 Å². The van der Waals surface area contributed by atoms with Crippen molar-refractivity contribution in [1.29, 1.82) is 0 Å². The normalized spacial score (nSPS) is 22.0. The molecule has 5 nitrogen and oxygen atoms in total. The van der Waals surface area contributed by atoms with Crippen molar-refractivity contribution in [2.24, 2.45) is 5.92 Å². The first-order chi connectivity index (χ1) is 9.88. The summed E-state index contributed by atoms with van der Waals surface area (Å²) in [5.74, 6) is -1.12. The van der Waals surface area contributed by atoms with Crippen LogP contribution in [0.4, 0.5) is 10.5 Å². The van der Waals surface area contributed by atoms with Crippen molar-refractivity contribution in [3.63, 3.8) is 0 Å². The monoisotopic (exact) mass is 354 g/mol. The molecule has 2 atom stereocenters. The van der Waals surface area contributed by atoms with E-state index in [4.69, 9.17) is 5.11 Å². The average molecular weight is 355 g/mol. The number of carboxylic acids is 1. The molecule has 114 valence electrons. The molecule has 0 aromatic heterocycles. The Balaban J connectivity index is 2.04. The molecule has 2 N–H and O–H groups in total. The molecule has 1 saturated heterocycles. The first-order valence-corrected chi connectivity index (χ1v) is 7.74. The smallest absolute Gasteiger partial charge is 0.322 e. The van der Waals surface area contributed by atoms with E-state index in [0.717, 1.165) is 15.7 Å². The summed E-state index contributed by atoms with van der Waals surface area (Å²) in [6.07, 6.45) is 1.00. The minimum atomic E-state index is -0.773. The second-order valence-corrected chi connectivity index (χ2v) is 6.41. The van der Waals surface area contributed by atoms with E-state index in [-0.39, 0.29) is 18.0 Å². The van der Waals surface area contributed by atoms with Gasteiger partial charge in [0.15, 0.2) is 0 Å². The predicted molar refractivity (Wildman–Crippen MR) is 84.4 cm³/mol. The number of hydrogen-bond acceptors (Lipinski definition) is 2. The van der Waals surface area contributed by atoms with E-state index in [1.165, 1.54) is 0 Å². The van der Waals surface area contributed by atoms with Crippen LogP contribution in [0.25, 0.3) is 0 Å². The van der Waals surface area contributed by atoms with Crippen LogP contribution >= 0.6 is 15.9 Å². The summed E-state index contributed by atoms with van der Waals surface area (Å²) in [6, 6.07) is 5.47. The third-order valence-electron chi connectivity index (χ3n) is 3.93. The van der Waals surface area contributed by atoms with Gasteiger partial charge in [-0.1, -0.05) is 22.0 Å². The van der Waals surface area contributed by atoms with Gasteiger partial charge in [-0.05, 0) is 44.4 Å². The number of nitrogens with zero attached hydrogens (tertiary/aromatic N) is 1. The summed E-state index contributed by atoms with van der Waals surface area (Å²) < 4.78 is 0.904. The summed E-state index contributed by atoms with van der Waals surface area (Å²) in [5, 5.41) is 12.0.